The van der Waals surface area contributed by atoms with Crippen LogP contribution in [0.25, 0.3) is 0 Å². The first-order valence-electron chi connectivity index (χ1n) is 10.8. The van der Waals surface area contributed by atoms with Crippen molar-refractivity contribution in [2.45, 2.75) is 49.1 Å². The molecule has 0 amide bonds. The Hall–Kier alpha value is -1.78. The zero-order valence-corrected chi connectivity index (χ0v) is 17.8. The number of hydrogen-bond acceptors (Lipinski definition) is 9. The van der Waals surface area contributed by atoms with E-state index in [0.717, 1.165) is 49.5 Å². The van der Waals surface area contributed by atoms with E-state index in [1.165, 1.54) is 0 Å². The summed E-state index contributed by atoms with van der Waals surface area (Å²) in [5.41, 5.74) is 0.871. The second-order valence-electron chi connectivity index (χ2n) is 8.33. The molecule has 1 atom stereocenters. The summed E-state index contributed by atoms with van der Waals surface area (Å²) in [5.74, 6) is 1.76. The lowest BCUT2D eigenvalue weighted by atomic mass is 10.0. The lowest BCUT2D eigenvalue weighted by molar-refractivity contribution is -0.158. The maximum absolute atomic E-state index is 12.5. The lowest BCUT2D eigenvalue weighted by Crippen LogP contribution is -2.54. The highest BCUT2D eigenvalue weighted by atomic mass is 32.2. The van der Waals surface area contributed by atoms with Crippen LogP contribution < -0.4 is 10.2 Å². The topological polar surface area (TPSA) is 103 Å². The van der Waals surface area contributed by atoms with Crippen LogP contribution in [0.5, 0.6) is 0 Å². The minimum absolute atomic E-state index is 0.0469. The average molecular weight is 437 g/mol. The van der Waals surface area contributed by atoms with Gasteiger partial charge in [-0.3, -0.25) is 9.00 Å². The predicted octanol–water partition coefficient (Wildman–Crippen LogP) is 0.890. The van der Waals surface area contributed by atoms with Crippen LogP contribution in [-0.4, -0.2) is 77.6 Å². The lowest BCUT2D eigenvalue weighted by Gasteiger charge is -2.39. The molecule has 0 unspecified atom stereocenters. The minimum Gasteiger partial charge on any atom is -0.458 e. The minimum atomic E-state index is -1.05. The molecule has 3 saturated heterocycles. The maximum Gasteiger partial charge on any atom is 0.309 e. The zero-order chi connectivity index (χ0) is 20.5. The highest BCUT2D eigenvalue weighted by Gasteiger charge is 2.36. The Morgan fingerprint density at radius 3 is 2.50 bits per heavy atom. The summed E-state index contributed by atoms with van der Waals surface area (Å²) >= 11 is 0. The molecule has 0 bridgehead atoms. The number of aromatic nitrogens is 2. The standard InChI is InChI=1S/C20H28N4O5S/c25-19(13-1-6-27-7-2-13)29-15-11-24(12-15)20-22-16-5-10-30(26)17(16)18(23-20)21-14-3-8-28-9-4-14/h13-15H,1-12H2,(H,21,22,23)/t30-/m0/s1. The molecule has 9 nitrogen and oxygen atoms in total. The number of fused-ring (bicyclic) bond motifs is 1. The Bertz CT molecular complexity index is 820. The van der Waals surface area contributed by atoms with Gasteiger partial charge in [0.1, 0.15) is 16.8 Å². The summed E-state index contributed by atoms with van der Waals surface area (Å²) in [6, 6.07) is 0.271. The second-order valence-corrected chi connectivity index (χ2v) is 9.84. The maximum atomic E-state index is 12.5. The van der Waals surface area contributed by atoms with E-state index in [1.807, 2.05) is 4.90 Å². The van der Waals surface area contributed by atoms with E-state index < -0.39 is 10.8 Å². The number of hydrogen-bond donors (Lipinski definition) is 1. The molecule has 0 radical (unpaired) electrons. The van der Waals surface area contributed by atoms with E-state index in [0.29, 0.717) is 50.2 Å². The molecule has 0 saturated carbocycles. The van der Waals surface area contributed by atoms with Gasteiger partial charge in [-0.1, -0.05) is 0 Å². The molecular formula is C20H28N4O5S. The highest BCUT2D eigenvalue weighted by Crippen LogP contribution is 2.32. The predicted molar refractivity (Wildman–Crippen MR) is 110 cm³/mol. The molecule has 0 aliphatic carbocycles. The molecule has 30 heavy (non-hydrogen) atoms. The molecule has 1 aromatic heterocycles. The smallest absolute Gasteiger partial charge is 0.309 e. The summed E-state index contributed by atoms with van der Waals surface area (Å²) < 4.78 is 28.9. The Kier molecular flexibility index (Phi) is 5.88. The van der Waals surface area contributed by atoms with Crippen molar-refractivity contribution >= 4 is 28.5 Å². The number of nitrogens with zero attached hydrogens (tertiary/aromatic N) is 3. The normalized spacial score (nSPS) is 25.6. The Morgan fingerprint density at radius 2 is 1.77 bits per heavy atom. The van der Waals surface area contributed by atoms with Gasteiger partial charge in [0, 0.05) is 44.6 Å². The quantitative estimate of drug-likeness (QED) is 0.674. The third-order valence-corrected chi connectivity index (χ3v) is 7.67. The van der Waals surface area contributed by atoms with Crippen molar-refractivity contribution in [3.05, 3.63) is 5.69 Å². The fourth-order valence-corrected chi connectivity index (χ4v) is 5.64. The average Bonchev–Trinajstić information content (AvgIpc) is 3.12. The molecule has 1 N–H and O–H groups in total. The molecular weight excluding hydrogens is 408 g/mol. The summed E-state index contributed by atoms with van der Waals surface area (Å²) in [5, 5.41) is 3.49. The zero-order valence-electron chi connectivity index (χ0n) is 17.0. The van der Waals surface area contributed by atoms with Crippen LogP contribution in [0.3, 0.4) is 0 Å². The van der Waals surface area contributed by atoms with Crippen molar-refractivity contribution in [2.75, 3.05) is 55.5 Å². The van der Waals surface area contributed by atoms with E-state index in [-0.39, 0.29) is 24.0 Å². The number of ether oxygens (including phenoxy) is 3. The largest absolute Gasteiger partial charge is 0.458 e. The highest BCUT2D eigenvalue weighted by molar-refractivity contribution is 7.85. The number of carbonyl (C=O) groups excluding carboxylic acids is 1. The molecule has 10 heteroatoms. The van der Waals surface area contributed by atoms with Crippen LogP contribution in [0.2, 0.25) is 0 Å². The van der Waals surface area contributed by atoms with Crippen LogP contribution in [-0.2, 0) is 36.2 Å². The van der Waals surface area contributed by atoms with E-state index in [1.54, 1.807) is 0 Å². The van der Waals surface area contributed by atoms with Crippen LogP contribution in [0.4, 0.5) is 11.8 Å². The van der Waals surface area contributed by atoms with Crippen LogP contribution in [0.15, 0.2) is 4.90 Å². The number of rotatable bonds is 5. The van der Waals surface area contributed by atoms with E-state index in [4.69, 9.17) is 19.2 Å². The fourth-order valence-electron chi connectivity index (χ4n) is 4.33. The van der Waals surface area contributed by atoms with Crippen molar-refractivity contribution in [1.82, 2.24) is 9.97 Å². The van der Waals surface area contributed by atoms with E-state index in [9.17, 15) is 9.00 Å². The molecule has 0 spiro atoms. The van der Waals surface area contributed by atoms with Crippen molar-refractivity contribution < 1.29 is 23.2 Å². The summed E-state index contributed by atoms with van der Waals surface area (Å²) in [6.45, 7) is 3.90. The van der Waals surface area contributed by atoms with Crippen LogP contribution >= 0.6 is 0 Å². The number of nitrogens with one attached hydrogen (secondary N) is 1. The van der Waals surface area contributed by atoms with Gasteiger partial charge in [0.2, 0.25) is 5.95 Å². The number of esters is 1. The number of carbonyl (C=O) groups is 1. The van der Waals surface area contributed by atoms with Gasteiger partial charge in [0.25, 0.3) is 0 Å². The summed E-state index contributed by atoms with van der Waals surface area (Å²) in [7, 11) is -1.05. The molecule has 3 fully saturated rings. The van der Waals surface area contributed by atoms with Gasteiger partial charge in [-0.25, -0.2) is 4.98 Å². The molecule has 0 aromatic carbocycles. The molecule has 5 rings (SSSR count). The molecule has 4 aliphatic heterocycles. The van der Waals surface area contributed by atoms with Crippen molar-refractivity contribution in [3.8, 4) is 0 Å². The van der Waals surface area contributed by atoms with Gasteiger partial charge in [0.05, 0.1) is 35.5 Å². The molecule has 164 valence electrons. The van der Waals surface area contributed by atoms with Crippen molar-refractivity contribution in [3.63, 3.8) is 0 Å². The van der Waals surface area contributed by atoms with Gasteiger partial charge in [-0.15, -0.1) is 0 Å². The number of aryl methyl sites for hydroxylation is 1. The first-order valence-corrected chi connectivity index (χ1v) is 12.2. The first kappa shape index (κ1) is 20.1. The molecule has 4 aliphatic rings. The Labute approximate surface area is 178 Å². The third kappa shape index (κ3) is 4.17. The van der Waals surface area contributed by atoms with Gasteiger partial charge >= 0.3 is 5.97 Å². The summed E-state index contributed by atoms with van der Waals surface area (Å²) in [4.78, 5) is 24.5. The molecule has 1 aromatic rings. The Morgan fingerprint density at radius 1 is 1.07 bits per heavy atom. The summed E-state index contributed by atoms with van der Waals surface area (Å²) in [6.07, 6.45) is 3.88. The van der Waals surface area contributed by atoms with E-state index in [2.05, 4.69) is 10.3 Å². The number of anilines is 2. The van der Waals surface area contributed by atoms with E-state index >= 15 is 0 Å². The van der Waals surface area contributed by atoms with Gasteiger partial charge in [0.15, 0.2) is 0 Å². The van der Waals surface area contributed by atoms with Crippen molar-refractivity contribution in [1.29, 1.82) is 0 Å². The Balaban J connectivity index is 1.24. The van der Waals surface area contributed by atoms with Crippen molar-refractivity contribution in [2.24, 2.45) is 5.92 Å². The fraction of sp³-hybridized carbons (Fsp3) is 0.750. The van der Waals surface area contributed by atoms with Gasteiger partial charge in [-0.05, 0) is 25.7 Å². The third-order valence-electron chi connectivity index (χ3n) is 6.21. The first-order chi connectivity index (χ1) is 14.7. The monoisotopic (exact) mass is 436 g/mol. The van der Waals surface area contributed by atoms with Crippen LogP contribution in [0, 0.1) is 5.92 Å². The van der Waals surface area contributed by atoms with Gasteiger partial charge < -0.3 is 24.4 Å². The SMILES string of the molecule is O=C(OC1CN(c2nc3c(c(NC4CCOCC4)n2)[S@@](=O)CC3)C1)C1CCOCC1. The van der Waals surface area contributed by atoms with Gasteiger partial charge in [-0.2, -0.15) is 4.98 Å². The second kappa shape index (κ2) is 8.76. The molecule has 5 heterocycles. The van der Waals surface area contributed by atoms with Crippen LogP contribution in [0.1, 0.15) is 31.4 Å².